The van der Waals surface area contributed by atoms with Crippen molar-refractivity contribution in [3.05, 3.63) is 11.4 Å². The van der Waals surface area contributed by atoms with Gasteiger partial charge in [-0.2, -0.15) is 5.10 Å². The lowest BCUT2D eigenvalue weighted by molar-refractivity contribution is 0.114. The number of nitrogens with one attached hydrogen (secondary N) is 1. The molecule has 7 heteroatoms. The molecule has 19 heavy (non-hydrogen) atoms. The molecule has 0 amide bonds. The third-order valence-corrected chi connectivity index (χ3v) is 5.08. The highest BCUT2D eigenvalue weighted by molar-refractivity contribution is 7.89. The maximum Gasteiger partial charge on any atom is 0.244 e. The topological polar surface area (TPSA) is 73.2 Å². The summed E-state index contributed by atoms with van der Waals surface area (Å²) in [6.45, 7) is 7.16. The Morgan fingerprint density at radius 3 is 2.74 bits per heavy atom. The van der Waals surface area contributed by atoms with E-state index >= 15 is 0 Å². The Bertz CT molecular complexity index is 545. The molecular weight excluding hydrogens is 266 g/mol. The maximum absolute atomic E-state index is 12.3. The Balaban J connectivity index is 2.16. The summed E-state index contributed by atoms with van der Waals surface area (Å²) in [5, 5.41) is 4.24. The minimum atomic E-state index is -3.51. The Kier molecular flexibility index (Phi) is 4.27. The molecule has 6 nitrogen and oxygen atoms in total. The van der Waals surface area contributed by atoms with E-state index in [2.05, 4.69) is 9.82 Å². The Hall–Kier alpha value is -0.920. The van der Waals surface area contributed by atoms with Gasteiger partial charge in [0, 0.05) is 19.7 Å². The summed E-state index contributed by atoms with van der Waals surface area (Å²) in [6.07, 6.45) is 1.91. The number of hydrogen-bond acceptors (Lipinski definition) is 4. The molecule has 1 N–H and O–H groups in total. The van der Waals surface area contributed by atoms with E-state index in [9.17, 15) is 8.42 Å². The van der Waals surface area contributed by atoms with Crippen LogP contribution in [0.1, 0.15) is 31.2 Å². The van der Waals surface area contributed by atoms with E-state index in [0.717, 1.165) is 19.4 Å². The molecule has 0 aromatic carbocycles. The third kappa shape index (κ3) is 2.98. The first-order chi connectivity index (χ1) is 8.95. The van der Waals surface area contributed by atoms with Crippen molar-refractivity contribution in [1.29, 1.82) is 0 Å². The van der Waals surface area contributed by atoms with E-state index in [1.165, 1.54) is 0 Å². The van der Waals surface area contributed by atoms with Crippen LogP contribution in [0.25, 0.3) is 0 Å². The number of aryl methyl sites for hydroxylation is 2. The number of ether oxygens (including phenoxy) is 1. The normalized spacial score (nSPS) is 20.1. The van der Waals surface area contributed by atoms with Crippen LogP contribution >= 0.6 is 0 Å². The summed E-state index contributed by atoms with van der Waals surface area (Å²) >= 11 is 0. The second-order valence-electron chi connectivity index (χ2n) is 4.80. The quantitative estimate of drug-likeness (QED) is 0.876. The van der Waals surface area contributed by atoms with E-state index in [-0.39, 0.29) is 6.10 Å². The monoisotopic (exact) mass is 287 g/mol. The zero-order chi connectivity index (χ0) is 14.0. The van der Waals surface area contributed by atoms with Crippen molar-refractivity contribution < 1.29 is 13.2 Å². The Morgan fingerprint density at radius 1 is 1.47 bits per heavy atom. The molecular formula is C12H21N3O3S. The van der Waals surface area contributed by atoms with Gasteiger partial charge >= 0.3 is 0 Å². The predicted molar refractivity (Wildman–Crippen MR) is 71.5 cm³/mol. The molecule has 0 spiro atoms. The van der Waals surface area contributed by atoms with E-state index in [4.69, 9.17) is 4.74 Å². The largest absolute Gasteiger partial charge is 0.377 e. The fourth-order valence-corrected chi connectivity index (χ4v) is 3.93. The van der Waals surface area contributed by atoms with Gasteiger partial charge in [0.1, 0.15) is 4.90 Å². The van der Waals surface area contributed by atoms with Crippen molar-refractivity contribution in [2.24, 2.45) is 0 Å². The van der Waals surface area contributed by atoms with Gasteiger partial charge in [0.2, 0.25) is 10.0 Å². The van der Waals surface area contributed by atoms with Gasteiger partial charge in [-0.1, -0.05) is 0 Å². The van der Waals surface area contributed by atoms with Crippen LogP contribution in [0.2, 0.25) is 0 Å². The molecule has 1 atom stereocenters. The molecule has 1 saturated heterocycles. The zero-order valence-corrected chi connectivity index (χ0v) is 12.5. The molecule has 1 fully saturated rings. The standard InChI is InChI=1S/C12H21N3O3S/c1-4-15-10(3)12(9(2)14-15)19(16,17)13-8-11-6-5-7-18-11/h11,13H,4-8H2,1-3H3/t11-/m1/s1. The summed E-state index contributed by atoms with van der Waals surface area (Å²) < 4.78 is 34.4. The van der Waals surface area contributed by atoms with Crippen molar-refractivity contribution in [2.45, 2.75) is 51.2 Å². The highest BCUT2D eigenvalue weighted by Gasteiger charge is 2.26. The minimum absolute atomic E-state index is 0.00314. The van der Waals surface area contributed by atoms with Crippen LogP contribution in [0.5, 0.6) is 0 Å². The minimum Gasteiger partial charge on any atom is -0.377 e. The SMILES string of the molecule is CCn1nc(C)c(S(=O)(=O)NC[C@H]2CCCO2)c1C. The first-order valence-corrected chi connectivity index (χ1v) is 8.09. The molecule has 108 valence electrons. The van der Waals surface area contributed by atoms with Crippen LogP contribution in [0.3, 0.4) is 0 Å². The molecule has 1 aliphatic rings. The molecule has 0 unspecified atom stereocenters. The van der Waals surface area contributed by atoms with Crippen LogP contribution in [-0.2, 0) is 21.3 Å². The fraction of sp³-hybridized carbons (Fsp3) is 0.750. The van der Waals surface area contributed by atoms with Gasteiger partial charge in [-0.15, -0.1) is 0 Å². The molecule has 0 aliphatic carbocycles. The average Bonchev–Trinajstić information content (AvgIpc) is 2.95. The highest BCUT2D eigenvalue weighted by Crippen LogP contribution is 2.19. The Labute approximate surface area is 114 Å². The smallest absolute Gasteiger partial charge is 0.244 e. The van der Waals surface area contributed by atoms with E-state index in [1.807, 2.05) is 6.92 Å². The van der Waals surface area contributed by atoms with Crippen molar-refractivity contribution >= 4 is 10.0 Å². The van der Waals surface area contributed by atoms with Crippen LogP contribution in [0, 0.1) is 13.8 Å². The fourth-order valence-electron chi connectivity index (χ4n) is 2.46. The highest BCUT2D eigenvalue weighted by atomic mass is 32.2. The van der Waals surface area contributed by atoms with Gasteiger partial charge in [0.25, 0.3) is 0 Å². The lowest BCUT2D eigenvalue weighted by atomic mass is 10.2. The molecule has 1 aromatic heterocycles. The van der Waals surface area contributed by atoms with E-state index in [0.29, 0.717) is 29.4 Å². The van der Waals surface area contributed by atoms with Crippen LogP contribution in [-0.4, -0.2) is 37.5 Å². The lowest BCUT2D eigenvalue weighted by Gasteiger charge is -2.11. The Morgan fingerprint density at radius 2 is 2.21 bits per heavy atom. The lowest BCUT2D eigenvalue weighted by Crippen LogP contribution is -2.32. The van der Waals surface area contributed by atoms with Gasteiger partial charge in [-0.25, -0.2) is 13.1 Å². The van der Waals surface area contributed by atoms with Crippen molar-refractivity contribution in [1.82, 2.24) is 14.5 Å². The first-order valence-electron chi connectivity index (χ1n) is 6.61. The van der Waals surface area contributed by atoms with Gasteiger partial charge in [-0.3, -0.25) is 4.68 Å². The maximum atomic E-state index is 12.3. The van der Waals surface area contributed by atoms with E-state index < -0.39 is 10.0 Å². The predicted octanol–water partition coefficient (Wildman–Crippen LogP) is 0.977. The van der Waals surface area contributed by atoms with Gasteiger partial charge < -0.3 is 4.74 Å². The van der Waals surface area contributed by atoms with Crippen molar-refractivity contribution in [3.63, 3.8) is 0 Å². The van der Waals surface area contributed by atoms with Gasteiger partial charge in [-0.05, 0) is 33.6 Å². The van der Waals surface area contributed by atoms with Gasteiger partial charge in [0.15, 0.2) is 0 Å². The summed E-state index contributed by atoms with van der Waals surface area (Å²) in [6, 6.07) is 0. The summed E-state index contributed by atoms with van der Waals surface area (Å²) in [4.78, 5) is 0.298. The molecule has 1 aromatic rings. The summed E-state index contributed by atoms with van der Waals surface area (Å²) in [7, 11) is -3.51. The summed E-state index contributed by atoms with van der Waals surface area (Å²) in [5.74, 6) is 0. The number of nitrogens with zero attached hydrogens (tertiary/aromatic N) is 2. The first kappa shape index (κ1) is 14.5. The summed E-state index contributed by atoms with van der Waals surface area (Å²) in [5.41, 5.74) is 1.22. The van der Waals surface area contributed by atoms with Crippen LogP contribution in [0.15, 0.2) is 4.90 Å². The zero-order valence-electron chi connectivity index (χ0n) is 11.6. The molecule has 2 heterocycles. The molecule has 2 rings (SSSR count). The molecule has 0 radical (unpaired) electrons. The number of rotatable bonds is 5. The van der Waals surface area contributed by atoms with Crippen molar-refractivity contribution in [2.75, 3.05) is 13.2 Å². The average molecular weight is 287 g/mol. The van der Waals surface area contributed by atoms with Crippen LogP contribution < -0.4 is 4.72 Å². The third-order valence-electron chi connectivity index (χ3n) is 3.41. The number of aromatic nitrogens is 2. The number of sulfonamides is 1. The van der Waals surface area contributed by atoms with Crippen molar-refractivity contribution in [3.8, 4) is 0 Å². The second-order valence-corrected chi connectivity index (χ2v) is 6.51. The van der Waals surface area contributed by atoms with E-state index in [1.54, 1.807) is 18.5 Å². The molecule has 0 saturated carbocycles. The second kappa shape index (κ2) is 5.60. The van der Waals surface area contributed by atoms with Crippen LogP contribution in [0.4, 0.5) is 0 Å². The van der Waals surface area contributed by atoms with Gasteiger partial charge in [0.05, 0.1) is 17.5 Å². The molecule has 0 bridgehead atoms. The molecule has 1 aliphatic heterocycles. The number of hydrogen-bond donors (Lipinski definition) is 1.